The van der Waals surface area contributed by atoms with Gasteiger partial charge in [-0.2, -0.15) is 0 Å². The van der Waals surface area contributed by atoms with Crippen molar-refractivity contribution in [2.24, 2.45) is 5.41 Å². The summed E-state index contributed by atoms with van der Waals surface area (Å²) in [7, 11) is 2.13. The quantitative estimate of drug-likeness (QED) is 0.782. The minimum absolute atomic E-state index is 0.129. The van der Waals surface area contributed by atoms with Crippen LogP contribution in [0.3, 0.4) is 0 Å². The summed E-state index contributed by atoms with van der Waals surface area (Å²) in [5.41, 5.74) is 1.35. The van der Waals surface area contributed by atoms with Crippen molar-refractivity contribution in [2.45, 2.75) is 20.8 Å². The highest BCUT2D eigenvalue weighted by Gasteiger charge is 2.24. The van der Waals surface area contributed by atoms with Gasteiger partial charge in [-0.1, -0.05) is 32.4 Å². The predicted octanol–water partition coefficient (Wildman–Crippen LogP) is 3.32. The number of halogens is 1. The second-order valence-corrected chi connectivity index (χ2v) is 6.94. The highest BCUT2D eigenvalue weighted by molar-refractivity contribution is 6.33. The molecule has 0 aromatic heterocycles. The molecule has 1 aromatic rings. The predicted molar refractivity (Wildman–Crippen MR) is 84.9 cm³/mol. The van der Waals surface area contributed by atoms with E-state index in [0.717, 1.165) is 31.9 Å². The number of anilines is 1. The molecule has 1 heterocycles. The van der Waals surface area contributed by atoms with Gasteiger partial charge >= 0.3 is 0 Å². The van der Waals surface area contributed by atoms with E-state index < -0.39 is 0 Å². The SMILES string of the molecule is CN1CCN(c2ccc(C(=O)C(C)(C)C)cc2Cl)CC1. The lowest BCUT2D eigenvalue weighted by atomic mass is 9.86. The molecule has 1 aliphatic rings. The summed E-state index contributed by atoms with van der Waals surface area (Å²) in [6, 6.07) is 5.68. The average molecular weight is 295 g/mol. The van der Waals surface area contributed by atoms with E-state index in [-0.39, 0.29) is 11.2 Å². The van der Waals surface area contributed by atoms with E-state index >= 15 is 0 Å². The Morgan fingerprint density at radius 3 is 2.25 bits per heavy atom. The van der Waals surface area contributed by atoms with E-state index in [0.29, 0.717) is 10.6 Å². The topological polar surface area (TPSA) is 23.6 Å². The number of hydrogen-bond acceptors (Lipinski definition) is 3. The zero-order chi connectivity index (χ0) is 14.9. The van der Waals surface area contributed by atoms with E-state index in [1.165, 1.54) is 0 Å². The maximum absolute atomic E-state index is 12.3. The van der Waals surface area contributed by atoms with Crippen LogP contribution in [-0.2, 0) is 0 Å². The first kappa shape index (κ1) is 15.3. The third-order valence-electron chi connectivity index (χ3n) is 3.74. The number of carbonyl (C=O) groups is 1. The molecule has 0 aliphatic carbocycles. The summed E-state index contributed by atoms with van der Waals surface area (Å²) >= 11 is 6.39. The number of nitrogens with zero attached hydrogens (tertiary/aromatic N) is 2. The Hall–Kier alpha value is -1.06. The Kier molecular flexibility index (Phi) is 4.40. The van der Waals surface area contributed by atoms with Gasteiger partial charge in [0.15, 0.2) is 5.78 Å². The van der Waals surface area contributed by atoms with Gasteiger partial charge in [-0.25, -0.2) is 0 Å². The second-order valence-electron chi connectivity index (χ2n) is 6.54. The fourth-order valence-electron chi connectivity index (χ4n) is 2.38. The molecule has 0 unspecified atom stereocenters. The zero-order valence-electron chi connectivity index (χ0n) is 12.7. The molecule has 3 nitrogen and oxygen atoms in total. The molecule has 0 radical (unpaired) electrons. The lowest BCUT2D eigenvalue weighted by Crippen LogP contribution is -2.44. The zero-order valence-corrected chi connectivity index (χ0v) is 13.5. The molecule has 2 rings (SSSR count). The Labute approximate surface area is 126 Å². The molecular weight excluding hydrogens is 272 g/mol. The van der Waals surface area contributed by atoms with Crippen molar-refractivity contribution in [3.63, 3.8) is 0 Å². The largest absolute Gasteiger partial charge is 0.368 e. The van der Waals surface area contributed by atoms with Crippen LogP contribution in [0.1, 0.15) is 31.1 Å². The van der Waals surface area contributed by atoms with Crippen molar-refractivity contribution in [1.82, 2.24) is 4.90 Å². The third kappa shape index (κ3) is 3.33. The Morgan fingerprint density at radius 1 is 1.15 bits per heavy atom. The number of benzene rings is 1. The standard InChI is InChI=1S/C16H23ClN2O/c1-16(2,3)15(20)12-5-6-14(13(17)11-12)19-9-7-18(4)8-10-19/h5-6,11H,7-10H2,1-4H3. The maximum atomic E-state index is 12.3. The molecule has 0 N–H and O–H groups in total. The van der Waals surface area contributed by atoms with Crippen molar-refractivity contribution in [2.75, 3.05) is 38.1 Å². The number of ketones is 1. The fraction of sp³-hybridized carbons (Fsp3) is 0.562. The van der Waals surface area contributed by atoms with E-state index in [2.05, 4.69) is 16.8 Å². The highest BCUT2D eigenvalue weighted by Crippen LogP contribution is 2.30. The van der Waals surface area contributed by atoms with Crippen LogP contribution in [0.5, 0.6) is 0 Å². The molecule has 0 amide bonds. The van der Waals surface area contributed by atoms with Gasteiger partial charge in [-0.05, 0) is 25.2 Å². The van der Waals surface area contributed by atoms with Crippen LogP contribution < -0.4 is 4.90 Å². The lowest BCUT2D eigenvalue weighted by Gasteiger charge is -2.34. The van der Waals surface area contributed by atoms with Crippen molar-refractivity contribution in [3.8, 4) is 0 Å². The summed E-state index contributed by atoms with van der Waals surface area (Å²) in [5, 5.41) is 0.671. The molecule has 1 aromatic carbocycles. The lowest BCUT2D eigenvalue weighted by molar-refractivity contribution is 0.0858. The van der Waals surface area contributed by atoms with Gasteiger partial charge in [0.1, 0.15) is 0 Å². The van der Waals surface area contributed by atoms with Gasteiger partial charge in [0, 0.05) is 37.2 Å². The van der Waals surface area contributed by atoms with Crippen LogP contribution in [-0.4, -0.2) is 43.9 Å². The summed E-state index contributed by atoms with van der Waals surface area (Å²) in [6.45, 7) is 9.82. The van der Waals surface area contributed by atoms with Crippen molar-refractivity contribution in [1.29, 1.82) is 0 Å². The Morgan fingerprint density at radius 2 is 1.75 bits per heavy atom. The van der Waals surface area contributed by atoms with Gasteiger partial charge in [0.05, 0.1) is 10.7 Å². The van der Waals surface area contributed by atoms with Gasteiger partial charge in [-0.15, -0.1) is 0 Å². The van der Waals surface area contributed by atoms with Gasteiger partial charge < -0.3 is 9.80 Å². The van der Waals surface area contributed by atoms with E-state index in [9.17, 15) is 4.79 Å². The molecule has 0 spiro atoms. The number of piperazine rings is 1. The molecule has 1 aliphatic heterocycles. The van der Waals surface area contributed by atoms with Gasteiger partial charge in [0.25, 0.3) is 0 Å². The first-order chi connectivity index (χ1) is 9.29. The monoisotopic (exact) mass is 294 g/mol. The van der Waals surface area contributed by atoms with Crippen LogP contribution in [0.25, 0.3) is 0 Å². The minimum atomic E-state index is -0.376. The van der Waals surface area contributed by atoms with Crippen LogP contribution in [0, 0.1) is 5.41 Å². The molecule has 110 valence electrons. The fourth-order valence-corrected chi connectivity index (χ4v) is 2.69. The van der Waals surface area contributed by atoms with Gasteiger partial charge in [0.2, 0.25) is 0 Å². The van der Waals surface area contributed by atoms with E-state index in [4.69, 9.17) is 11.6 Å². The number of rotatable bonds is 2. The van der Waals surface area contributed by atoms with Gasteiger partial charge in [-0.3, -0.25) is 4.79 Å². The summed E-state index contributed by atoms with van der Waals surface area (Å²) in [6.07, 6.45) is 0. The molecule has 0 saturated carbocycles. The number of carbonyl (C=O) groups excluding carboxylic acids is 1. The molecule has 1 saturated heterocycles. The third-order valence-corrected chi connectivity index (χ3v) is 4.04. The average Bonchev–Trinajstić information content (AvgIpc) is 2.38. The summed E-state index contributed by atoms with van der Waals surface area (Å²) in [4.78, 5) is 16.9. The summed E-state index contributed by atoms with van der Waals surface area (Å²) in [5.74, 6) is 0.129. The smallest absolute Gasteiger partial charge is 0.168 e. The van der Waals surface area contributed by atoms with E-state index in [1.54, 1.807) is 0 Å². The van der Waals surface area contributed by atoms with Crippen LogP contribution >= 0.6 is 11.6 Å². The minimum Gasteiger partial charge on any atom is -0.368 e. The summed E-state index contributed by atoms with van der Waals surface area (Å²) < 4.78 is 0. The second kappa shape index (κ2) is 5.74. The van der Waals surface area contributed by atoms with Crippen molar-refractivity contribution in [3.05, 3.63) is 28.8 Å². The van der Waals surface area contributed by atoms with Crippen LogP contribution in [0.15, 0.2) is 18.2 Å². The normalized spacial score (nSPS) is 17.4. The maximum Gasteiger partial charge on any atom is 0.168 e. The van der Waals surface area contributed by atoms with Crippen molar-refractivity contribution < 1.29 is 4.79 Å². The van der Waals surface area contributed by atoms with Crippen molar-refractivity contribution >= 4 is 23.1 Å². The number of hydrogen-bond donors (Lipinski definition) is 0. The molecule has 1 fully saturated rings. The van der Waals surface area contributed by atoms with E-state index in [1.807, 2.05) is 39.0 Å². The van der Waals surface area contributed by atoms with Crippen LogP contribution in [0.2, 0.25) is 5.02 Å². The first-order valence-corrected chi connectivity index (χ1v) is 7.44. The number of Topliss-reactive ketones (excluding diaryl/α,β-unsaturated/α-hetero) is 1. The Bertz CT molecular complexity index is 500. The molecular formula is C16H23ClN2O. The Balaban J connectivity index is 2.20. The first-order valence-electron chi connectivity index (χ1n) is 7.07. The molecule has 0 atom stereocenters. The number of likely N-dealkylation sites (N-methyl/N-ethyl adjacent to an activating group) is 1. The molecule has 20 heavy (non-hydrogen) atoms. The molecule has 4 heteroatoms. The molecule has 0 bridgehead atoms. The highest BCUT2D eigenvalue weighted by atomic mass is 35.5. The van der Waals surface area contributed by atoms with Crippen LogP contribution in [0.4, 0.5) is 5.69 Å².